The van der Waals surface area contributed by atoms with Crippen molar-refractivity contribution in [3.8, 4) is 0 Å². The first-order valence-electron chi connectivity index (χ1n) is 5.34. The van der Waals surface area contributed by atoms with Crippen molar-refractivity contribution in [2.24, 2.45) is 7.05 Å². The second-order valence-corrected chi connectivity index (χ2v) is 5.11. The molecule has 2 aromatic heterocycles. The van der Waals surface area contributed by atoms with Gasteiger partial charge in [0.25, 0.3) is 0 Å². The molecule has 0 saturated heterocycles. The molecule has 0 fully saturated rings. The van der Waals surface area contributed by atoms with Gasteiger partial charge in [-0.3, -0.25) is 4.68 Å². The molecule has 0 aliphatic heterocycles. The summed E-state index contributed by atoms with van der Waals surface area (Å²) < 4.78 is 1.82. The summed E-state index contributed by atoms with van der Waals surface area (Å²) >= 11 is 1.84. The summed E-state index contributed by atoms with van der Waals surface area (Å²) in [6.45, 7) is 4.01. The van der Waals surface area contributed by atoms with E-state index in [1.54, 1.807) is 6.33 Å². The molecule has 0 spiro atoms. The highest BCUT2D eigenvalue weighted by Gasteiger charge is 2.00. The summed E-state index contributed by atoms with van der Waals surface area (Å²) in [5.74, 6) is 1.02. The van der Waals surface area contributed by atoms with Gasteiger partial charge >= 0.3 is 0 Å². The average molecular weight is 236 g/mol. The van der Waals surface area contributed by atoms with Crippen LogP contribution in [0.25, 0.3) is 0 Å². The van der Waals surface area contributed by atoms with Crippen LogP contribution < -0.4 is 5.32 Å². The summed E-state index contributed by atoms with van der Waals surface area (Å²) in [5, 5.41) is 7.45. The monoisotopic (exact) mass is 236 g/mol. The van der Waals surface area contributed by atoms with E-state index in [2.05, 4.69) is 34.5 Å². The third kappa shape index (κ3) is 2.90. The zero-order valence-electron chi connectivity index (χ0n) is 9.60. The molecular weight excluding hydrogens is 220 g/mol. The second-order valence-electron chi connectivity index (χ2n) is 3.74. The van der Waals surface area contributed by atoms with Crippen LogP contribution in [0.15, 0.2) is 18.5 Å². The molecule has 86 valence electrons. The van der Waals surface area contributed by atoms with E-state index in [4.69, 9.17) is 0 Å². The van der Waals surface area contributed by atoms with Gasteiger partial charge in [0.2, 0.25) is 0 Å². The topological polar surface area (TPSA) is 42.7 Å². The minimum absolute atomic E-state index is 0.918. The van der Waals surface area contributed by atoms with Gasteiger partial charge in [0.1, 0.15) is 12.2 Å². The largest absolute Gasteiger partial charge is 0.311 e. The Morgan fingerprint density at radius 3 is 2.94 bits per heavy atom. The minimum Gasteiger partial charge on any atom is -0.311 e. The summed E-state index contributed by atoms with van der Waals surface area (Å²) in [6.07, 6.45) is 2.51. The number of thiophene rings is 1. The van der Waals surface area contributed by atoms with Gasteiger partial charge in [-0.1, -0.05) is 0 Å². The van der Waals surface area contributed by atoms with Crippen molar-refractivity contribution < 1.29 is 0 Å². The van der Waals surface area contributed by atoms with Crippen LogP contribution in [0.1, 0.15) is 15.6 Å². The maximum Gasteiger partial charge on any atom is 0.138 e. The third-order valence-electron chi connectivity index (χ3n) is 2.43. The lowest BCUT2D eigenvalue weighted by Gasteiger charge is -2.02. The van der Waals surface area contributed by atoms with Crippen molar-refractivity contribution in [1.82, 2.24) is 20.1 Å². The Hall–Kier alpha value is -1.20. The van der Waals surface area contributed by atoms with E-state index in [9.17, 15) is 0 Å². The Morgan fingerprint density at radius 2 is 2.31 bits per heavy atom. The number of hydrogen-bond acceptors (Lipinski definition) is 4. The molecule has 16 heavy (non-hydrogen) atoms. The molecule has 2 heterocycles. The first-order chi connectivity index (χ1) is 7.75. The average Bonchev–Trinajstić information content (AvgIpc) is 2.83. The maximum absolute atomic E-state index is 4.18. The summed E-state index contributed by atoms with van der Waals surface area (Å²) in [5.41, 5.74) is 0. The maximum atomic E-state index is 4.18. The van der Waals surface area contributed by atoms with Crippen LogP contribution in [0.5, 0.6) is 0 Å². The molecule has 0 radical (unpaired) electrons. The molecule has 0 aromatic carbocycles. The molecule has 0 saturated carbocycles. The molecule has 0 bridgehead atoms. The molecule has 0 aliphatic carbocycles. The number of aryl methyl sites for hydroxylation is 2. The normalized spacial score (nSPS) is 10.9. The Labute approximate surface area is 99.3 Å². The van der Waals surface area contributed by atoms with Gasteiger partial charge in [-0.05, 0) is 19.1 Å². The van der Waals surface area contributed by atoms with Gasteiger partial charge in [-0.25, -0.2) is 4.98 Å². The van der Waals surface area contributed by atoms with E-state index in [1.807, 2.05) is 23.1 Å². The number of nitrogens with zero attached hydrogens (tertiary/aromatic N) is 3. The molecule has 0 amide bonds. The molecule has 5 heteroatoms. The fourth-order valence-corrected chi connectivity index (χ4v) is 2.40. The first kappa shape index (κ1) is 11.3. The lowest BCUT2D eigenvalue weighted by atomic mass is 10.4. The van der Waals surface area contributed by atoms with Crippen LogP contribution in [-0.2, 0) is 20.0 Å². The molecule has 2 rings (SSSR count). The smallest absolute Gasteiger partial charge is 0.138 e. The van der Waals surface area contributed by atoms with E-state index in [-0.39, 0.29) is 0 Å². The minimum atomic E-state index is 0.918. The quantitative estimate of drug-likeness (QED) is 0.800. The molecular formula is C11H16N4S. The summed E-state index contributed by atoms with van der Waals surface area (Å²) in [4.78, 5) is 6.93. The Kier molecular flexibility index (Phi) is 3.69. The van der Waals surface area contributed by atoms with E-state index in [1.165, 1.54) is 9.75 Å². The highest BCUT2D eigenvalue weighted by Crippen LogP contribution is 2.14. The molecule has 1 N–H and O–H groups in total. The van der Waals surface area contributed by atoms with Crippen LogP contribution >= 0.6 is 11.3 Å². The van der Waals surface area contributed by atoms with Gasteiger partial charge in [-0.15, -0.1) is 11.3 Å². The van der Waals surface area contributed by atoms with Crippen LogP contribution in [0.4, 0.5) is 0 Å². The van der Waals surface area contributed by atoms with Crippen LogP contribution in [-0.4, -0.2) is 21.3 Å². The van der Waals surface area contributed by atoms with E-state index in [0.717, 1.165) is 25.3 Å². The van der Waals surface area contributed by atoms with Crippen molar-refractivity contribution >= 4 is 11.3 Å². The summed E-state index contributed by atoms with van der Waals surface area (Å²) in [6, 6.07) is 4.33. The molecule has 0 unspecified atom stereocenters. The van der Waals surface area contributed by atoms with E-state index < -0.39 is 0 Å². The van der Waals surface area contributed by atoms with Crippen molar-refractivity contribution in [3.63, 3.8) is 0 Å². The van der Waals surface area contributed by atoms with Crippen LogP contribution in [0.2, 0.25) is 0 Å². The highest BCUT2D eigenvalue weighted by atomic mass is 32.1. The van der Waals surface area contributed by atoms with Crippen molar-refractivity contribution in [1.29, 1.82) is 0 Å². The predicted octanol–water partition coefficient (Wildman–Crippen LogP) is 1.52. The molecule has 0 atom stereocenters. The number of nitrogens with one attached hydrogen (secondary N) is 1. The highest BCUT2D eigenvalue weighted by molar-refractivity contribution is 7.11. The lowest BCUT2D eigenvalue weighted by molar-refractivity contribution is 0.637. The Morgan fingerprint density at radius 1 is 1.44 bits per heavy atom. The summed E-state index contributed by atoms with van der Waals surface area (Å²) in [7, 11) is 1.92. The fourth-order valence-electron chi connectivity index (χ4n) is 1.54. The standard InChI is InChI=1S/C11H16N4S/c1-9-3-4-10(16-9)7-12-6-5-11-13-8-14-15(11)2/h3-4,8,12H,5-7H2,1-2H3. The zero-order valence-corrected chi connectivity index (χ0v) is 10.4. The SMILES string of the molecule is Cc1ccc(CNCCc2ncnn2C)s1. The van der Waals surface area contributed by atoms with Crippen molar-refractivity contribution in [2.45, 2.75) is 19.9 Å². The number of aromatic nitrogens is 3. The van der Waals surface area contributed by atoms with Crippen LogP contribution in [0, 0.1) is 6.92 Å². The van der Waals surface area contributed by atoms with E-state index >= 15 is 0 Å². The van der Waals surface area contributed by atoms with Gasteiger partial charge in [0.15, 0.2) is 0 Å². The van der Waals surface area contributed by atoms with E-state index in [0.29, 0.717) is 0 Å². The number of rotatable bonds is 5. The van der Waals surface area contributed by atoms with Crippen LogP contribution in [0.3, 0.4) is 0 Å². The first-order valence-corrected chi connectivity index (χ1v) is 6.16. The fraction of sp³-hybridized carbons (Fsp3) is 0.455. The Bertz CT molecular complexity index is 446. The lowest BCUT2D eigenvalue weighted by Crippen LogP contribution is -2.17. The second kappa shape index (κ2) is 5.23. The van der Waals surface area contributed by atoms with Crippen molar-refractivity contribution in [3.05, 3.63) is 34.0 Å². The Balaban J connectivity index is 1.71. The third-order valence-corrected chi connectivity index (χ3v) is 3.43. The molecule has 0 aliphatic rings. The van der Waals surface area contributed by atoms with Gasteiger partial charge in [0, 0.05) is 36.3 Å². The molecule has 4 nitrogen and oxygen atoms in total. The number of hydrogen-bond donors (Lipinski definition) is 1. The molecule has 2 aromatic rings. The van der Waals surface area contributed by atoms with Gasteiger partial charge in [0.05, 0.1) is 0 Å². The van der Waals surface area contributed by atoms with Gasteiger partial charge < -0.3 is 5.32 Å². The van der Waals surface area contributed by atoms with Gasteiger partial charge in [-0.2, -0.15) is 5.10 Å². The van der Waals surface area contributed by atoms with Crippen molar-refractivity contribution in [2.75, 3.05) is 6.54 Å². The zero-order chi connectivity index (χ0) is 11.4. The predicted molar refractivity (Wildman–Crippen MR) is 65.5 cm³/mol.